The van der Waals surface area contributed by atoms with E-state index < -0.39 is 0 Å². The van der Waals surface area contributed by atoms with Gasteiger partial charge >= 0.3 is 0 Å². The van der Waals surface area contributed by atoms with Crippen molar-refractivity contribution in [1.82, 2.24) is 15.6 Å². The molecule has 7 heteroatoms. The molecule has 164 valence electrons. The third-order valence-electron chi connectivity index (χ3n) is 4.75. The van der Waals surface area contributed by atoms with Gasteiger partial charge in [-0.05, 0) is 50.1 Å². The van der Waals surface area contributed by atoms with Crippen molar-refractivity contribution in [2.24, 2.45) is 4.99 Å². The van der Waals surface area contributed by atoms with E-state index in [0.717, 1.165) is 53.8 Å². The second-order valence-electron chi connectivity index (χ2n) is 7.07. The average Bonchev–Trinajstić information content (AvgIpc) is 3.27. The number of methoxy groups -OCH3 is 2. The molecule has 1 aromatic heterocycles. The second-order valence-corrected chi connectivity index (χ2v) is 7.07. The van der Waals surface area contributed by atoms with Crippen molar-refractivity contribution < 1.29 is 13.9 Å². The zero-order valence-corrected chi connectivity index (χ0v) is 18.6. The molecule has 0 spiro atoms. The molecule has 0 fully saturated rings. The molecular weight excluding hydrogens is 392 g/mol. The summed E-state index contributed by atoms with van der Waals surface area (Å²) in [6, 6.07) is 14.1. The summed E-state index contributed by atoms with van der Waals surface area (Å²) < 4.78 is 16.3. The molecule has 2 aromatic carbocycles. The summed E-state index contributed by atoms with van der Waals surface area (Å²) in [4.78, 5) is 9.17. The molecule has 3 aromatic rings. The number of aliphatic imine (C=N–C) groups is 1. The predicted molar refractivity (Wildman–Crippen MR) is 123 cm³/mol. The van der Waals surface area contributed by atoms with Crippen LogP contribution in [0.3, 0.4) is 0 Å². The second kappa shape index (κ2) is 11.1. The molecule has 7 nitrogen and oxygen atoms in total. The Morgan fingerprint density at radius 2 is 1.81 bits per heavy atom. The van der Waals surface area contributed by atoms with Crippen molar-refractivity contribution in [2.45, 2.75) is 26.8 Å². The summed E-state index contributed by atoms with van der Waals surface area (Å²) in [5, 5.41) is 6.62. The van der Waals surface area contributed by atoms with E-state index in [9.17, 15) is 0 Å². The Morgan fingerprint density at radius 1 is 1.03 bits per heavy atom. The summed E-state index contributed by atoms with van der Waals surface area (Å²) in [6.07, 6.45) is 2.48. The Labute approximate surface area is 183 Å². The molecule has 0 radical (unpaired) electrons. The van der Waals surface area contributed by atoms with Crippen molar-refractivity contribution in [1.29, 1.82) is 0 Å². The SMILES string of the molecule is CCNC(=NCc1coc(-c2ccc(C)cc2)n1)NCCc1ccc(OC)c(OC)c1. The van der Waals surface area contributed by atoms with Crippen molar-refractivity contribution >= 4 is 5.96 Å². The highest BCUT2D eigenvalue weighted by Gasteiger charge is 2.08. The summed E-state index contributed by atoms with van der Waals surface area (Å²) in [5.41, 5.74) is 4.10. The number of hydrogen-bond acceptors (Lipinski definition) is 5. The lowest BCUT2D eigenvalue weighted by Crippen LogP contribution is -2.38. The number of ether oxygens (including phenoxy) is 2. The van der Waals surface area contributed by atoms with Gasteiger partial charge in [0.2, 0.25) is 5.89 Å². The molecule has 1 heterocycles. The summed E-state index contributed by atoms with van der Waals surface area (Å²) in [7, 11) is 3.28. The van der Waals surface area contributed by atoms with Gasteiger partial charge in [-0.25, -0.2) is 9.98 Å². The van der Waals surface area contributed by atoms with Crippen LogP contribution in [0.1, 0.15) is 23.7 Å². The molecule has 0 aliphatic rings. The number of oxazole rings is 1. The van der Waals surface area contributed by atoms with Gasteiger partial charge in [-0.1, -0.05) is 23.8 Å². The molecular formula is C24H30N4O3. The maximum absolute atomic E-state index is 5.62. The van der Waals surface area contributed by atoms with Crippen LogP contribution in [0.2, 0.25) is 0 Å². The fourth-order valence-electron chi connectivity index (χ4n) is 3.07. The molecule has 0 atom stereocenters. The lowest BCUT2D eigenvalue weighted by molar-refractivity contribution is 0.354. The minimum atomic E-state index is 0.432. The molecule has 0 saturated heterocycles. The molecule has 3 rings (SSSR count). The van der Waals surface area contributed by atoms with Crippen LogP contribution in [0.15, 0.2) is 58.1 Å². The molecule has 0 aliphatic carbocycles. The highest BCUT2D eigenvalue weighted by Crippen LogP contribution is 2.27. The van der Waals surface area contributed by atoms with E-state index in [1.807, 2.05) is 49.4 Å². The van der Waals surface area contributed by atoms with Gasteiger partial charge in [0.05, 0.1) is 20.8 Å². The van der Waals surface area contributed by atoms with Gasteiger partial charge in [0.25, 0.3) is 0 Å². The van der Waals surface area contributed by atoms with E-state index in [1.54, 1.807) is 20.5 Å². The van der Waals surface area contributed by atoms with Gasteiger partial charge < -0.3 is 24.5 Å². The standard InChI is InChI=1S/C24H30N4O3/c1-5-25-24(26-13-12-18-8-11-21(29-3)22(14-18)30-4)27-15-20-16-31-23(28-20)19-9-6-17(2)7-10-19/h6-11,14,16H,5,12-13,15H2,1-4H3,(H2,25,26,27). The van der Waals surface area contributed by atoms with E-state index in [2.05, 4.69) is 27.5 Å². The van der Waals surface area contributed by atoms with Gasteiger partial charge in [0, 0.05) is 18.7 Å². The van der Waals surface area contributed by atoms with Gasteiger partial charge in [-0.2, -0.15) is 0 Å². The zero-order chi connectivity index (χ0) is 22.1. The van der Waals surface area contributed by atoms with Crippen LogP contribution in [0.25, 0.3) is 11.5 Å². The molecule has 0 aliphatic heterocycles. The lowest BCUT2D eigenvalue weighted by atomic mass is 10.1. The van der Waals surface area contributed by atoms with Crippen LogP contribution in [0, 0.1) is 6.92 Å². The van der Waals surface area contributed by atoms with Crippen molar-refractivity contribution in [3.8, 4) is 23.0 Å². The first-order valence-electron chi connectivity index (χ1n) is 10.4. The van der Waals surface area contributed by atoms with Gasteiger partial charge in [0.15, 0.2) is 17.5 Å². The highest BCUT2D eigenvalue weighted by molar-refractivity contribution is 5.79. The first-order chi connectivity index (χ1) is 15.1. The number of guanidine groups is 1. The molecule has 0 saturated carbocycles. The normalized spacial score (nSPS) is 11.3. The van der Waals surface area contributed by atoms with Gasteiger partial charge in [0.1, 0.15) is 12.0 Å². The number of nitrogens with zero attached hydrogens (tertiary/aromatic N) is 2. The molecule has 31 heavy (non-hydrogen) atoms. The molecule has 0 unspecified atom stereocenters. The van der Waals surface area contributed by atoms with E-state index in [0.29, 0.717) is 12.4 Å². The van der Waals surface area contributed by atoms with Crippen molar-refractivity contribution in [3.05, 3.63) is 65.5 Å². The van der Waals surface area contributed by atoms with Crippen LogP contribution < -0.4 is 20.1 Å². The fraction of sp³-hybridized carbons (Fsp3) is 0.333. The van der Waals surface area contributed by atoms with E-state index in [4.69, 9.17) is 13.9 Å². The van der Waals surface area contributed by atoms with Gasteiger partial charge in [-0.15, -0.1) is 0 Å². The number of aromatic nitrogens is 1. The summed E-state index contributed by atoms with van der Waals surface area (Å²) >= 11 is 0. The Kier molecular flexibility index (Phi) is 7.92. The highest BCUT2D eigenvalue weighted by atomic mass is 16.5. The smallest absolute Gasteiger partial charge is 0.226 e. The molecule has 0 amide bonds. The fourth-order valence-corrected chi connectivity index (χ4v) is 3.07. The number of nitrogens with one attached hydrogen (secondary N) is 2. The van der Waals surface area contributed by atoms with Crippen LogP contribution in [0.4, 0.5) is 0 Å². The maximum Gasteiger partial charge on any atom is 0.226 e. The predicted octanol–water partition coefficient (Wildman–Crippen LogP) is 3.97. The monoisotopic (exact) mass is 422 g/mol. The Morgan fingerprint density at radius 3 is 2.52 bits per heavy atom. The average molecular weight is 423 g/mol. The first-order valence-corrected chi connectivity index (χ1v) is 10.4. The van der Waals surface area contributed by atoms with E-state index in [-0.39, 0.29) is 0 Å². The van der Waals surface area contributed by atoms with Crippen LogP contribution in [-0.2, 0) is 13.0 Å². The maximum atomic E-state index is 5.62. The quantitative estimate of drug-likeness (QED) is 0.401. The number of hydrogen-bond donors (Lipinski definition) is 2. The number of rotatable bonds is 9. The lowest BCUT2D eigenvalue weighted by Gasteiger charge is -2.12. The summed E-state index contributed by atoms with van der Waals surface area (Å²) in [5.74, 6) is 2.81. The minimum Gasteiger partial charge on any atom is -0.493 e. The third kappa shape index (κ3) is 6.25. The Bertz CT molecular complexity index is 996. The van der Waals surface area contributed by atoms with Crippen LogP contribution in [0.5, 0.6) is 11.5 Å². The van der Waals surface area contributed by atoms with E-state index >= 15 is 0 Å². The van der Waals surface area contributed by atoms with Crippen LogP contribution >= 0.6 is 0 Å². The Balaban J connectivity index is 1.57. The zero-order valence-electron chi connectivity index (χ0n) is 18.6. The van der Waals surface area contributed by atoms with Gasteiger partial charge in [-0.3, -0.25) is 0 Å². The third-order valence-corrected chi connectivity index (χ3v) is 4.75. The van der Waals surface area contributed by atoms with E-state index in [1.165, 1.54) is 5.56 Å². The number of aryl methyl sites for hydroxylation is 1. The van der Waals surface area contributed by atoms with Crippen molar-refractivity contribution in [2.75, 3.05) is 27.3 Å². The molecule has 2 N–H and O–H groups in total. The minimum absolute atomic E-state index is 0.432. The molecule has 0 bridgehead atoms. The topological polar surface area (TPSA) is 80.9 Å². The Hall–Kier alpha value is -3.48. The number of benzene rings is 2. The summed E-state index contributed by atoms with van der Waals surface area (Å²) in [6.45, 7) is 6.03. The van der Waals surface area contributed by atoms with Crippen LogP contribution in [-0.4, -0.2) is 38.3 Å². The largest absolute Gasteiger partial charge is 0.493 e. The first kappa shape index (κ1) is 22.2. The van der Waals surface area contributed by atoms with Crippen molar-refractivity contribution in [3.63, 3.8) is 0 Å².